The van der Waals surface area contributed by atoms with Crippen LogP contribution in [-0.2, 0) is 12.8 Å². The fourth-order valence-corrected chi connectivity index (χ4v) is 2.49. The van der Waals surface area contributed by atoms with E-state index in [1.807, 2.05) is 6.07 Å². The van der Waals surface area contributed by atoms with Gasteiger partial charge >= 0.3 is 0 Å². The summed E-state index contributed by atoms with van der Waals surface area (Å²) in [6.45, 7) is 2.05. The van der Waals surface area contributed by atoms with Crippen LogP contribution in [0.4, 0.5) is 4.39 Å². The highest BCUT2D eigenvalue weighted by atomic mass is 35.5. The number of aryl methyl sites for hydroxylation is 2. The lowest BCUT2D eigenvalue weighted by molar-refractivity contribution is 0.165. The Morgan fingerprint density at radius 3 is 2.70 bits per heavy atom. The van der Waals surface area contributed by atoms with E-state index < -0.39 is 6.10 Å². The Bertz CT molecular complexity index is 583. The number of rotatable bonds is 5. The van der Waals surface area contributed by atoms with Crippen LogP contribution in [0.5, 0.6) is 0 Å². The van der Waals surface area contributed by atoms with Gasteiger partial charge in [0.05, 0.1) is 6.10 Å². The summed E-state index contributed by atoms with van der Waals surface area (Å²) in [6, 6.07) is 12.5. The van der Waals surface area contributed by atoms with Crippen molar-refractivity contribution in [2.45, 2.75) is 32.3 Å². The topological polar surface area (TPSA) is 20.2 Å². The standard InChI is InChI=1S/C17H18ClFO/c1-12-3-2-4-13(9-12)5-8-16(20)10-14-6-7-15(19)11-17(14)18/h2-4,6-7,9,11,16,20H,5,8,10H2,1H3. The zero-order valence-electron chi connectivity index (χ0n) is 11.4. The van der Waals surface area contributed by atoms with Gasteiger partial charge in [0.25, 0.3) is 0 Å². The third-order valence-corrected chi connectivity index (χ3v) is 3.67. The van der Waals surface area contributed by atoms with Crippen LogP contribution in [0.2, 0.25) is 5.02 Å². The smallest absolute Gasteiger partial charge is 0.124 e. The van der Waals surface area contributed by atoms with E-state index in [2.05, 4.69) is 25.1 Å². The minimum Gasteiger partial charge on any atom is -0.393 e. The molecule has 0 saturated heterocycles. The summed E-state index contributed by atoms with van der Waals surface area (Å²) in [6.07, 6.45) is 1.46. The van der Waals surface area contributed by atoms with Crippen molar-refractivity contribution in [3.05, 3.63) is 70.0 Å². The molecule has 0 aliphatic heterocycles. The van der Waals surface area contributed by atoms with Gasteiger partial charge in [0, 0.05) is 5.02 Å². The average Bonchev–Trinajstić information content (AvgIpc) is 2.40. The molecule has 0 saturated carbocycles. The molecule has 106 valence electrons. The number of benzene rings is 2. The van der Waals surface area contributed by atoms with Crippen LogP contribution in [0.1, 0.15) is 23.1 Å². The van der Waals surface area contributed by atoms with Gasteiger partial charge in [-0.1, -0.05) is 47.5 Å². The molecule has 0 aliphatic rings. The van der Waals surface area contributed by atoms with Crippen molar-refractivity contribution in [3.8, 4) is 0 Å². The van der Waals surface area contributed by atoms with Gasteiger partial charge in [0.2, 0.25) is 0 Å². The predicted octanol–water partition coefficient (Wildman–Crippen LogP) is 4.32. The lowest BCUT2D eigenvalue weighted by atomic mass is 10.0. The maximum Gasteiger partial charge on any atom is 0.124 e. The second-order valence-electron chi connectivity index (χ2n) is 5.12. The molecule has 0 radical (unpaired) electrons. The highest BCUT2D eigenvalue weighted by molar-refractivity contribution is 6.31. The fraction of sp³-hybridized carbons (Fsp3) is 0.294. The maximum atomic E-state index is 12.9. The molecular weight excluding hydrogens is 275 g/mol. The van der Waals surface area contributed by atoms with Crippen molar-refractivity contribution in [2.75, 3.05) is 0 Å². The van der Waals surface area contributed by atoms with E-state index in [1.165, 1.54) is 23.3 Å². The van der Waals surface area contributed by atoms with Gasteiger partial charge in [0.1, 0.15) is 5.82 Å². The van der Waals surface area contributed by atoms with Gasteiger partial charge in [0.15, 0.2) is 0 Å². The normalized spacial score (nSPS) is 12.4. The Morgan fingerprint density at radius 1 is 1.20 bits per heavy atom. The Hall–Kier alpha value is -1.38. The molecule has 2 rings (SSSR count). The van der Waals surface area contributed by atoms with Crippen LogP contribution in [0.15, 0.2) is 42.5 Å². The van der Waals surface area contributed by atoms with Crippen molar-refractivity contribution in [3.63, 3.8) is 0 Å². The molecule has 2 aromatic carbocycles. The Balaban J connectivity index is 1.90. The second kappa shape index (κ2) is 6.87. The summed E-state index contributed by atoms with van der Waals surface area (Å²) in [5.74, 6) is -0.354. The van der Waals surface area contributed by atoms with E-state index >= 15 is 0 Å². The number of aliphatic hydroxyl groups excluding tert-OH is 1. The highest BCUT2D eigenvalue weighted by Crippen LogP contribution is 2.20. The first kappa shape index (κ1) is 15.0. The molecule has 1 nitrogen and oxygen atoms in total. The van der Waals surface area contributed by atoms with Gasteiger partial charge in [-0.15, -0.1) is 0 Å². The third-order valence-electron chi connectivity index (χ3n) is 3.32. The fourth-order valence-electron chi connectivity index (χ4n) is 2.24. The molecule has 0 aliphatic carbocycles. The molecule has 0 bridgehead atoms. The lowest BCUT2D eigenvalue weighted by Gasteiger charge is -2.12. The molecule has 0 fully saturated rings. The van der Waals surface area contributed by atoms with Crippen molar-refractivity contribution < 1.29 is 9.50 Å². The average molecular weight is 293 g/mol. The lowest BCUT2D eigenvalue weighted by Crippen LogP contribution is -2.12. The predicted molar refractivity (Wildman–Crippen MR) is 80.6 cm³/mol. The van der Waals surface area contributed by atoms with Crippen molar-refractivity contribution in [1.82, 2.24) is 0 Å². The first-order chi connectivity index (χ1) is 9.54. The molecule has 0 aromatic heterocycles. The number of hydrogen-bond acceptors (Lipinski definition) is 1. The molecule has 20 heavy (non-hydrogen) atoms. The van der Waals surface area contributed by atoms with Crippen LogP contribution < -0.4 is 0 Å². The van der Waals surface area contributed by atoms with Gasteiger partial charge in [-0.25, -0.2) is 4.39 Å². The minimum absolute atomic E-state index is 0.354. The number of aliphatic hydroxyl groups is 1. The number of hydrogen-bond donors (Lipinski definition) is 1. The van der Waals surface area contributed by atoms with Crippen LogP contribution in [0.25, 0.3) is 0 Å². The molecule has 2 aromatic rings. The maximum absolute atomic E-state index is 12.9. The second-order valence-corrected chi connectivity index (χ2v) is 5.53. The monoisotopic (exact) mass is 292 g/mol. The van der Waals surface area contributed by atoms with E-state index in [9.17, 15) is 9.50 Å². The molecule has 1 unspecified atom stereocenters. The first-order valence-corrected chi connectivity index (χ1v) is 7.10. The highest BCUT2D eigenvalue weighted by Gasteiger charge is 2.09. The third kappa shape index (κ3) is 4.32. The molecule has 0 amide bonds. The summed E-state index contributed by atoms with van der Waals surface area (Å²) >= 11 is 5.96. The van der Waals surface area contributed by atoms with Crippen molar-refractivity contribution in [2.24, 2.45) is 0 Å². The molecule has 3 heteroatoms. The van der Waals surface area contributed by atoms with Gasteiger partial charge in [-0.2, -0.15) is 0 Å². The molecular formula is C17H18ClFO. The SMILES string of the molecule is Cc1cccc(CCC(O)Cc2ccc(F)cc2Cl)c1. The largest absolute Gasteiger partial charge is 0.393 e. The molecule has 0 heterocycles. The zero-order valence-corrected chi connectivity index (χ0v) is 12.2. The van der Waals surface area contributed by atoms with Crippen molar-refractivity contribution >= 4 is 11.6 Å². The Morgan fingerprint density at radius 2 is 2.00 bits per heavy atom. The van der Waals surface area contributed by atoms with Gasteiger partial charge in [-0.05, 0) is 49.4 Å². The Labute approximate surface area is 124 Å². The van der Waals surface area contributed by atoms with Crippen LogP contribution in [0.3, 0.4) is 0 Å². The molecule has 1 atom stereocenters. The molecule has 0 spiro atoms. The van der Waals surface area contributed by atoms with E-state index in [0.29, 0.717) is 17.9 Å². The van der Waals surface area contributed by atoms with E-state index in [-0.39, 0.29) is 5.82 Å². The summed E-state index contributed by atoms with van der Waals surface area (Å²) in [7, 11) is 0. The summed E-state index contributed by atoms with van der Waals surface area (Å²) in [4.78, 5) is 0. The van der Waals surface area contributed by atoms with Crippen LogP contribution in [-0.4, -0.2) is 11.2 Å². The van der Waals surface area contributed by atoms with Gasteiger partial charge in [-0.3, -0.25) is 0 Å². The summed E-state index contributed by atoms with van der Waals surface area (Å²) < 4.78 is 12.9. The van der Waals surface area contributed by atoms with Crippen molar-refractivity contribution in [1.29, 1.82) is 0 Å². The van der Waals surface area contributed by atoms with Crippen LogP contribution >= 0.6 is 11.6 Å². The van der Waals surface area contributed by atoms with E-state index in [1.54, 1.807) is 6.07 Å². The quantitative estimate of drug-likeness (QED) is 0.870. The Kier molecular flexibility index (Phi) is 5.16. The first-order valence-electron chi connectivity index (χ1n) is 6.72. The van der Waals surface area contributed by atoms with Gasteiger partial charge < -0.3 is 5.11 Å². The van der Waals surface area contributed by atoms with Crippen LogP contribution in [0, 0.1) is 12.7 Å². The molecule has 1 N–H and O–H groups in total. The summed E-state index contributed by atoms with van der Waals surface area (Å²) in [5, 5.41) is 10.4. The van der Waals surface area contributed by atoms with E-state index in [4.69, 9.17) is 11.6 Å². The zero-order chi connectivity index (χ0) is 14.5. The minimum atomic E-state index is -0.474. The number of halogens is 2. The van der Waals surface area contributed by atoms with E-state index in [0.717, 1.165) is 12.0 Å². The summed E-state index contributed by atoms with van der Waals surface area (Å²) in [5.41, 5.74) is 3.22.